The predicted octanol–water partition coefficient (Wildman–Crippen LogP) is 11.1. The Morgan fingerprint density at radius 2 is 0.683 bits per heavy atom. The van der Waals surface area contributed by atoms with E-state index in [0.29, 0.717) is 37.9 Å². The largest absolute Gasteiger partial charge is 0.490 e. The first-order valence-corrected chi connectivity index (χ1v) is 21.0. The van der Waals surface area contributed by atoms with Gasteiger partial charge in [0.2, 0.25) is 0 Å². The number of hydrogen-bond donors (Lipinski definition) is 4. The lowest BCUT2D eigenvalue weighted by molar-refractivity contribution is 0.192. The number of ether oxygens (including phenoxy) is 4. The summed E-state index contributed by atoms with van der Waals surface area (Å²) in [5.41, 5.74) is 9.00. The molecule has 0 unspecified atom stereocenters. The summed E-state index contributed by atoms with van der Waals surface area (Å²) >= 11 is 0. The molecule has 4 aromatic heterocycles. The molecule has 8 aromatic rings. The van der Waals surface area contributed by atoms with Crippen LogP contribution in [0.25, 0.3) is 10.8 Å². The van der Waals surface area contributed by atoms with Crippen molar-refractivity contribution in [2.45, 2.75) is 63.2 Å². The number of fused-ring (bicyclic) bond motifs is 7. The van der Waals surface area contributed by atoms with Crippen molar-refractivity contribution in [3.8, 4) is 23.0 Å². The van der Waals surface area contributed by atoms with E-state index in [0.717, 1.165) is 78.9 Å². The summed E-state index contributed by atoms with van der Waals surface area (Å²) in [5.74, 6) is 2.87. The second kappa shape index (κ2) is 14.0. The topological polar surface area (TPSA) is 100 Å². The molecule has 8 nitrogen and oxygen atoms in total. The molecule has 8 heteroatoms. The summed E-state index contributed by atoms with van der Waals surface area (Å²) in [6.45, 7) is 15.1. The molecular weight excluding hydrogens is 745 g/mol. The quantitative estimate of drug-likeness (QED) is 0.123. The van der Waals surface area contributed by atoms with Crippen LogP contribution in [-0.4, -0.2) is 46.4 Å². The van der Waals surface area contributed by atoms with Crippen LogP contribution in [-0.2, 0) is 21.7 Å². The van der Waals surface area contributed by atoms with Crippen molar-refractivity contribution in [3.63, 3.8) is 0 Å². The van der Waals surface area contributed by atoms with Crippen molar-refractivity contribution >= 4 is 10.8 Å². The molecule has 0 aliphatic carbocycles. The van der Waals surface area contributed by atoms with Gasteiger partial charge in [0.15, 0.2) is 11.5 Å². The number of aromatic nitrogens is 4. The van der Waals surface area contributed by atoms with Gasteiger partial charge in [0.05, 0.1) is 10.8 Å². The van der Waals surface area contributed by atoms with E-state index in [1.807, 2.05) is 36.4 Å². The van der Waals surface area contributed by atoms with E-state index in [1.165, 1.54) is 0 Å². The fourth-order valence-corrected chi connectivity index (χ4v) is 9.25. The molecule has 3 aliphatic heterocycles. The van der Waals surface area contributed by atoms with Crippen LogP contribution < -0.4 is 18.9 Å². The van der Waals surface area contributed by atoms with Crippen molar-refractivity contribution in [1.82, 2.24) is 19.9 Å². The van der Waals surface area contributed by atoms with Crippen LogP contribution in [0.4, 0.5) is 0 Å². The van der Waals surface area contributed by atoms with E-state index >= 15 is 0 Å². The van der Waals surface area contributed by atoms with Gasteiger partial charge in [-0.2, -0.15) is 0 Å². The molecule has 4 N–H and O–H groups in total. The van der Waals surface area contributed by atoms with Gasteiger partial charge in [0, 0.05) is 56.4 Å². The molecule has 0 fully saturated rings. The molecule has 0 spiro atoms. The highest BCUT2D eigenvalue weighted by atomic mass is 16.6. The lowest BCUT2D eigenvalue weighted by atomic mass is 9.76. The first kappa shape index (κ1) is 37.7. The highest BCUT2D eigenvalue weighted by molar-refractivity contribution is 5.86. The minimum Gasteiger partial charge on any atom is -0.490 e. The summed E-state index contributed by atoms with van der Waals surface area (Å²) in [4.78, 5) is 15.8. The maximum absolute atomic E-state index is 6.44. The summed E-state index contributed by atoms with van der Waals surface area (Å²) in [6.07, 6.45) is 0. The number of benzene rings is 4. The summed E-state index contributed by atoms with van der Waals surface area (Å²) < 4.78 is 25.7. The Morgan fingerprint density at radius 3 is 1.05 bits per heavy atom. The van der Waals surface area contributed by atoms with E-state index in [4.69, 9.17) is 18.9 Å². The third-order valence-electron chi connectivity index (χ3n) is 13.4. The Balaban J connectivity index is 1.16. The Labute approximate surface area is 351 Å². The van der Waals surface area contributed by atoms with Crippen LogP contribution in [0.3, 0.4) is 0 Å². The summed E-state index contributed by atoms with van der Waals surface area (Å²) in [6, 6.07) is 47.1. The monoisotopic (exact) mass is 796 g/mol. The Morgan fingerprint density at radius 1 is 0.350 bits per heavy atom. The summed E-state index contributed by atoms with van der Waals surface area (Å²) in [5, 5.41) is 2.15. The van der Waals surface area contributed by atoms with Crippen LogP contribution in [0.1, 0.15) is 98.2 Å². The van der Waals surface area contributed by atoms with Crippen LogP contribution in [0, 0.1) is 0 Å². The Kier molecular flexibility index (Phi) is 8.83. The van der Waals surface area contributed by atoms with Gasteiger partial charge in [-0.1, -0.05) is 48.5 Å². The standard InChI is InChI=1S/C52H52N4O4/c1-49(2)41-17-21-45(53-41)51(5)35-13-9-15-37(31-35)57-25-27-59-39-29-33-11-7-8-12-34(33)30-40(39)60-28-26-58-38-16-10-14-36(32-38)52(6,46-22-18-42(49)54-46)48-24-20-44(56-48)50(3,4)43-19-23-47(51)55-43/h7-24,29-32,53-56H,25-28H2,1-6H3. The second-order valence-electron chi connectivity index (χ2n) is 17.7. The first-order chi connectivity index (χ1) is 28.9. The van der Waals surface area contributed by atoms with Crippen LogP contribution in [0.2, 0.25) is 0 Å². The van der Waals surface area contributed by atoms with Gasteiger partial charge in [-0.3, -0.25) is 0 Å². The minimum absolute atomic E-state index is 0.336. The first-order valence-electron chi connectivity index (χ1n) is 21.0. The van der Waals surface area contributed by atoms with Gasteiger partial charge in [-0.25, -0.2) is 0 Å². The van der Waals surface area contributed by atoms with E-state index in [-0.39, 0.29) is 10.8 Å². The lowest BCUT2D eigenvalue weighted by Gasteiger charge is -2.32. The van der Waals surface area contributed by atoms with Gasteiger partial charge in [0.1, 0.15) is 37.9 Å². The average molecular weight is 797 g/mol. The molecule has 0 radical (unpaired) electrons. The van der Waals surface area contributed by atoms with E-state index in [2.05, 4.69) is 159 Å². The Hall–Kier alpha value is -6.54. The molecule has 14 bridgehead atoms. The molecule has 7 heterocycles. The van der Waals surface area contributed by atoms with Crippen molar-refractivity contribution in [3.05, 3.63) is 190 Å². The average Bonchev–Trinajstić information content (AvgIpc) is 4.11. The molecule has 0 atom stereocenters. The molecule has 0 amide bonds. The van der Waals surface area contributed by atoms with Crippen molar-refractivity contribution in [2.75, 3.05) is 26.4 Å². The van der Waals surface area contributed by atoms with E-state index in [1.54, 1.807) is 0 Å². The van der Waals surface area contributed by atoms with Crippen LogP contribution >= 0.6 is 0 Å². The number of rotatable bonds is 0. The third-order valence-corrected chi connectivity index (χ3v) is 13.4. The molecule has 3 aliphatic rings. The zero-order chi connectivity index (χ0) is 41.3. The van der Waals surface area contributed by atoms with Crippen molar-refractivity contribution in [2.24, 2.45) is 0 Å². The molecule has 304 valence electrons. The van der Waals surface area contributed by atoms with Crippen LogP contribution in [0.5, 0.6) is 23.0 Å². The Bertz CT molecular complexity index is 2570. The molecular formula is C52H52N4O4. The zero-order valence-electron chi connectivity index (χ0n) is 35.2. The molecule has 0 saturated heterocycles. The van der Waals surface area contributed by atoms with Crippen molar-refractivity contribution < 1.29 is 18.9 Å². The van der Waals surface area contributed by atoms with Gasteiger partial charge >= 0.3 is 0 Å². The van der Waals surface area contributed by atoms with Gasteiger partial charge in [-0.15, -0.1) is 0 Å². The fourth-order valence-electron chi connectivity index (χ4n) is 9.25. The van der Waals surface area contributed by atoms with Crippen LogP contribution in [0.15, 0.2) is 133 Å². The molecule has 0 saturated carbocycles. The fraction of sp³-hybridized carbons (Fsp3) is 0.269. The van der Waals surface area contributed by atoms with E-state index in [9.17, 15) is 0 Å². The minimum atomic E-state index is -0.591. The number of hydrogen-bond acceptors (Lipinski definition) is 4. The third kappa shape index (κ3) is 6.11. The van der Waals surface area contributed by atoms with Gasteiger partial charge in [-0.05, 0) is 148 Å². The highest BCUT2D eigenvalue weighted by Gasteiger charge is 2.41. The highest BCUT2D eigenvalue weighted by Crippen LogP contribution is 2.46. The number of H-pyrrole nitrogens is 4. The molecule has 11 rings (SSSR count). The maximum Gasteiger partial charge on any atom is 0.161 e. The number of nitrogens with one attached hydrogen (secondary N) is 4. The SMILES string of the molecule is CC1(C)c2ccc([nH]2)C2(C)c3cccc(c3)OCCOc3cc4ccccc4cc3OCCOc3cccc(c3)C(C)(c3ccc1[nH]3)c1ccc([nH]1)C(C)(C)c1ccc2[nH]1. The smallest absolute Gasteiger partial charge is 0.161 e. The second-order valence-corrected chi connectivity index (χ2v) is 17.7. The lowest BCUT2D eigenvalue weighted by Crippen LogP contribution is -2.30. The number of aromatic amines is 4. The normalized spacial score (nSPS) is 20.8. The van der Waals surface area contributed by atoms with E-state index < -0.39 is 10.8 Å². The summed E-state index contributed by atoms with van der Waals surface area (Å²) in [7, 11) is 0. The zero-order valence-corrected chi connectivity index (χ0v) is 35.2. The van der Waals surface area contributed by atoms with Crippen molar-refractivity contribution in [1.29, 1.82) is 0 Å². The maximum atomic E-state index is 6.44. The molecule has 4 aromatic carbocycles. The van der Waals surface area contributed by atoms with Gasteiger partial charge in [0.25, 0.3) is 0 Å². The van der Waals surface area contributed by atoms with Gasteiger partial charge < -0.3 is 38.9 Å². The predicted molar refractivity (Wildman–Crippen MR) is 237 cm³/mol. The molecule has 60 heavy (non-hydrogen) atoms.